The number of methoxy groups -OCH3 is 2. The van der Waals surface area contributed by atoms with E-state index >= 15 is 0 Å². The number of benzene rings is 2. The molecular formula is C24H34N2O6S. The minimum absolute atomic E-state index is 0.0342. The summed E-state index contributed by atoms with van der Waals surface area (Å²) in [7, 11) is -0.836. The van der Waals surface area contributed by atoms with Crippen molar-refractivity contribution in [2.45, 2.75) is 45.1 Å². The van der Waals surface area contributed by atoms with E-state index in [1.165, 1.54) is 23.5 Å². The molecule has 0 aromatic heterocycles. The van der Waals surface area contributed by atoms with E-state index in [0.29, 0.717) is 31.2 Å². The number of ether oxygens (including phenoxy) is 3. The molecule has 2 aromatic rings. The average Bonchev–Trinajstić information content (AvgIpc) is 2.82. The van der Waals surface area contributed by atoms with Gasteiger partial charge in [-0.15, -0.1) is 0 Å². The van der Waals surface area contributed by atoms with E-state index in [1.807, 2.05) is 32.0 Å². The minimum atomic E-state index is -3.80. The Kier molecular flexibility index (Phi) is 9.55. The first-order chi connectivity index (χ1) is 15.7. The number of sulfonamides is 1. The Morgan fingerprint density at radius 1 is 0.970 bits per heavy atom. The Bertz CT molecular complexity index is 1050. The van der Waals surface area contributed by atoms with Crippen LogP contribution in [0.3, 0.4) is 0 Å². The molecule has 0 aliphatic rings. The highest BCUT2D eigenvalue weighted by Crippen LogP contribution is 2.31. The number of hydrogen-bond acceptors (Lipinski definition) is 6. The van der Waals surface area contributed by atoms with Crippen LogP contribution < -0.4 is 19.5 Å². The van der Waals surface area contributed by atoms with Crippen molar-refractivity contribution in [1.29, 1.82) is 0 Å². The number of hydrogen-bond donors (Lipinski definition) is 1. The number of carbonyl (C=O) groups excluding carboxylic acids is 1. The molecule has 8 nitrogen and oxygen atoms in total. The third-order valence-corrected chi connectivity index (χ3v) is 7.32. The van der Waals surface area contributed by atoms with Crippen LogP contribution in [-0.2, 0) is 10.0 Å². The van der Waals surface area contributed by atoms with Gasteiger partial charge >= 0.3 is 0 Å². The molecule has 0 aliphatic heterocycles. The molecule has 9 heteroatoms. The lowest BCUT2D eigenvalue weighted by molar-refractivity contribution is 0.0939. The lowest BCUT2D eigenvalue weighted by Crippen LogP contribution is -2.31. The van der Waals surface area contributed by atoms with Crippen molar-refractivity contribution in [3.05, 3.63) is 47.5 Å². The van der Waals surface area contributed by atoms with Crippen LogP contribution in [0.5, 0.6) is 17.2 Å². The van der Waals surface area contributed by atoms with Crippen LogP contribution in [0.4, 0.5) is 0 Å². The van der Waals surface area contributed by atoms with Crippen LogP contribution in [0.25, 0.3) is 0 Å². The van der Waals surface area contributed by atoms with Crippen LogP contribution in [0.15, 0.2) is 41.3 Å². The number of amides is 1. The maximum atomic E-state index is 13.1. The second-order valence-electron chi connectivity index (χ2n) is 7.41. The van der Waals surface area contributed by atoms with Crippen LogP contribution >= 0.6 is 0 Å². The van der Waals surface area contributed by atoms with E-state index in [-0.39, 0.29) is 22.3 Å². The van der Waals surface area contributed by atoms with Crippen molar-refractivity contribution in [2.24, 2.45) is 0 Å². The lowest BCUT2D eigenvalue weighted by Gasteiger charge is -2.21. The van der Waals surface area contributed by atoms with Crippen LogP contribution in [-0.4, -0.2) is 52.5 Å². The van der Waals surface area contributed by atoms with E-state index < -0.39 is 15.9 Å². The molecule has 1 unspecified atom stereocenters. The summed E-state index contributed by atoms with van der Waals surface area (Å²) >= 11 is 0. The zero-order valence-electron chi connectivity index (χ0n) is 20.2. The highest BCUT2D eigenvalue weighted by molar-refractivity contribution is 7.89. The Labute approximate surface area is 196 Å². The van der Waals surface area contributed by atoms with Gasteiger partial charge in [0.2, 0.25) is 10.0 Å². The van der Waals surface area contributed by atoms with Gasteiger partial charge in [-0.05, 0) is 49.2 Å². The van der Waals surface area contributed by atoms with Crippen molar-refractivity contribution in [2.75, 3.05) is 33.9 Å². The molecule has 182 valence electrons. The van der Waals surface area contributed by atoms with Crippen molar-refractivity contribution >= 4 is 15.9 Å². The monoisotopic (exact) mass is 478 g/mol. The first-order valence-electron chi connectivity index (χ1n) is 11.0. The van der Waals surface area contributed by atoms with Gasteiger partial charge in [0.25, 0.3) is 5.91 Å². The van der Waals surface area contributed by atoms with Gasteiger partial charge in [-0.2, -0.15) is 4.31 Å². The topological polar surface area (TPSA) is 94.2 Å². The van der Waals surface area contributed by atoms with Gasteiger partial charge in [0, 0.05) is 18.7 Å². The molecule has 33 heavy (non-hydrogen) atoms. The predicted molar refractivity (Wildman–Crippen MR) is 128 cm³/mol. The normalized spacial score (nSPS) is 12.3. The second kappa shape index (κ2) is 11.9. The molecule has 0 fully saturated rings. The van der Waals surface area contributed by atoms with Gasteiger partial charge in [0.15, 0.2) is 11.5 Å². The second-order valence-corrected chi connectivity index (χ2v) is 9.32. The van der Waals surface area contributed by atoms with E-state index in [2.05, 4.69) is 5.32 Å². The Morgan fingerprint density at radius 2 is 1.61 bits per heavy atom. The maximum absolute atomic E-state index is 13.1. The molecular weight excluding hydrogens is 444 g/mol. The standard InChI is InChI=1S/C24H34N2O6S/c1-7-14-32-20-12-10-18(15-22(20)31-6)17(4)25-24(27)19-11-13-21(30-5)23(16-19)33(28,29)26(8-2)9-3/h10-13,15-17H,7-9,14H2,1-6H3,(H,25,27). The first-order valence-corrected chi connectivity index (χ1v) is 12.5. The molecule has 0 heterocycles. The lowest BCUT2D eigenvalue weighted by atomic mass is 10.1. The van der Waals surface area contributed by atoms with Crippen molar-refractivity contribution in [1.82, 2.24) is 9.62 Å². The van der Waals surface area contributed by atoms with Gasteiger partial charge in [0.05, 0.1) is 26.9 Å². The largest absolute Gasteiger partial charge is 0.495 e. The summed E-state index contributed by atoms with van der Waals surface area (Å²) in [5.74, 6) is 1.02. The molecule has 0 aliphatic carbocycles. The molecule has 2 rings (SSSR count). The molecule has 0 bridgehead atoms. The zero-order chi connectivity index (χ0) is 24.6. The van der Waals surface area contributed by atoms with Gasteiger partial charge in [-0.25, -0.2) is 8.42 Å². The third-order valence-electron chi connectivity index (χ3n) is 5.25. The van der Waals surface area contributed by atoms with E-state index in [1.54, 1.807) is 27.0 Å². The Hall–Kier alpha value is -2.78. The maximum Gasteiger partial charge on any atom is 0.251 e. The molecule has 1 amide bonds. The van der Waals surface area contributed by atoms with E-state index in [0.717, 1.165) is 12.0 Å². The van der Waals surface area contributed by atoms with Crippen molar-refractivity contribution in [3.63, 3.8) is 0 Å². The fourth-order valence-corrected chi connectivity index (χ4v) is 5.01. The van der Waals surface area contributed by atoms with E-state index in [4.69, 9.17) is 14.2 Å². The molecule has 0 saturated heterocycles. The highest BCUT2D eigenvalue weighted by atomic mass is 32.2. The fourth-order valence-electron chi connectivity index (χ4n) is 3.37. The van der Waals surface area contributed by atoms with Crippen LogP contribution in [0.2, 0.25) is 0 Å². The summed E-state index contributed by atoms with van der Waals surface area (Å²) in [6.07, 6.45) is 0.880. The van der Waals surface area contributed by atoms with Gasteiger partial charge < -0.3 is 19.5 Å². The SMILES string of the molecule is CCCOc1ccc(C(C)NC(=O)c2ccc(OC)c(S(=O)(=O)N(CC)CC)c2)cc1OC. The molecule has 2 aromatic carbocycles. The summed E-state index contributed by atoms with van der Waals surface area (Å²) in [5, 5.41) is 2.92. The number of nitrogens with zero attached hydrogens (tertiary/aromatic N) is 1. The summed E-state index contributed by atoms with van der Waals surface area (Å²) in [6.45, 7) is 8.60. The number of rotatable bonds is 12. The Balaban J connectivity index is 2.30. The summed E-state index contributed by atoms with van der Waals surface area (Å²) in [4.78, 5) is 12.9. The Morgan fingerprint density at radius 3 is 2.18 bits per heavy atom. The third kappa shape index (κ3) is 6.17. The van der Waals surface area contributed by atoms with Crippen LogP contribution in [0.1, 0.15) is 56.1 Å². The molecule has 0 radical (unpaired) electrons. The predicted octanol–water partition coefficient (Wildman–Crippen LogP) is 4.01. The van der Waals surface area contributed by atoms with Crippen molar-refractivity contribution in [3.8, 4) is 17.2 Å². The summed E-state index contributed by atoms with van der Waals surface area (Å²) in [5.41, 5.74) is 1.05. The summed E-state index contributed by atoms with van der Waals surface area (Å²) < 4.78 is 43.8. The van der Waals surface area contributed by atoms with E-state index in [9.17, 15) is 13.2 Å². The average molecular weight is 479 g/mol. The molecule has 0 spiro atoms. The summed E-state index contributed by atoms with van der Waals surface area (Å²) in [6, 6.07) is 9.55. The number of nitrogens with one attached hydrogen (secondary N) is 1. The number of carbonyl (C=O) groups is 1. The molecule has 1 N–H and O–H groups in total. The minimum Gasteiger partial charge on any atom is -0.495 e. The van der Waals surface area contributed by atoms with Crippen LogP contribution in [0, 0.1) is 0 Å². The fraction of sp³-hybridized carbons (Fsp3) is 0.458. The first kappa shape index (κ1) is 26.5. The quantitative estimate of drug-likeness (QED) is 0.495. The van der Waals surface area contributed by atoms with Crippen molar-refractivity contribution < 1.29 is 27.4 Å². The van der Waals surface area contributed by atoms with Gasteiger partial charge in [-0.3, -0.25) is 4.79 Å². The van der Waals surface area contributed by atoms with Gasteiger partial charge in [0.1, 0.15) is 10.6 Å². The highest BCUT2D eigenvalue weighted by Gasteiger charge is 2.27. The zero-order valence-corrected chi connectivity index (χ0v) is 21.0. The van der Waals surface area contributed by atoms with Gasteiger partial charge in [-0.1, -0.05) is 26.8 Å². The smallest absolute Gasteiger partial charge is 0.251 e. The molecule has 0 saturated carbocycles. The molecule has 1 atom stereocenters.